The number of methoxy groups -OCH3 is 1. The number of ether oxygens (including phenoxy) is 4. The molecule has 0 rings (SSSR count). The molecule has 45 heavy (non-hydrogen) atoms. The van der Waals surface area contributed by atoms with Gasteiger partial charge >= 0.3 is 17.9 Å². The Morgan fingerprint density at radius 1 is 0.511 bits per heavy atom. The smallest absolute Gasteiger partial charge is 0.306 e. The first-order chi connectivity index (χ1) is 22.0. The number of unbranched alkanes of at least 4 members (excludes halogenated alkanes) is 14. The number of hydrogen-bond acceptors (Lipinski definition) is 7. The van der Waals surface area contributed by atoms with Crippen LogP contribution in [0, 0.1) is 0 Å². The van der Waals surface area contributed by atoms with Gasteiger partial charge in [0.1, 0.15) is 19.3 Å². The minimum absolute atomic E-state index is 0.0462. The van der Waals surface area contributed by atoms with E-state index in [-0.39, 0.29) is 24.0 Å². The van der Waals surface area contributed by atoms with Crippen LogP contribution in [-0.4, -0.2) is 50.9 Å². The van der Waals surface area contributed by atoms with Crippen molar-refractivity contribution in [2.75, 3.05) is 26.9 Å². The molecular weight excluding hydrogens is 568 g/mol. The number of rotatable bonds is 33. The summed E-state index contributed by atoms with van der Waals surface area (Å²) in [6.45, 7) is 5.69. The van der Waals surface area contributed by atoms with Crippen LogP contribution >= 0.6 is 0 Å². The second kappa shape index (κ2) is 34.7. The van der Waals surface area contributed by atoms with Gasteiger partial charge in [-0.2, -0.15) is 0 Å². The van der Waals surface area contributed by atoms with Gasteiger partial charge < -0.3 is 18.9 Å². The van der Waals surface area contributed by atoms with Gasteiger partial charge in [-0.3, -0.25) is 14.4 Å². The fraction of sp³-hybridized carbons (Fsp3) is 0.816. The number of allylic oxidation sites excluding steroid dienone is 2. The highest BCUT2D eigenvalue weighted by atomic mass is 16.5. The van der Waals surface area contributed by atoms with E-state index in [2.05, 4.69) is 26.0 Å². The summed E-state index contributed by atoms with van der Waals surface area (Å²) >= 11 is 0. The quantitative estimate of drug-likeness (QED) is 0.0306. The zero-order chi connectivity index (χ0) is 33.1. The molecule has 1 unspecified atom stereocenters. The molecule has 1 atom stereocenters. The largest absolute Gasteiger partial charge is 0.462 e. The zero-order valence-corrected chi connectivity index (χ0v) is 29.3. The molecule has 0 aromatic rings. The molecule has 0 aliphatic heterocycles. The van der Waals surface area contributed by atoms with Crippen molar-refractivity contribution in [2.45, 2.75) is 174 Å². The maximum absolute atomic E-state index is 12.3. The summed E-state index contributed by atoms with van der Waals surface area (Å²) in [5.41, 5.74) is 0. The van der Waals surface area contributed by atoms with Crippen LogP contribution in [0.3, 0.4) is 0 Å². The minimum atomic E-state index is -0.138. The van der Waals surface area contributed by atoms with Crippen molar-refractivity contribution in [3.63, 3.8) is 0 Å². The van der Waals surface area contributed by atoms with Crippen molar-refractivity contribution in [1.82, 2.24) is 0 Å². The van der Waals surface area contributed by atoms with Crippen LogP contribution in [-0.2, 0) is 33.3 Å². The van der Waals surface area contributed by atoms with Gasteiger partial charge in [-0.1, -0.05) is 109 Å². The molecule has 0 heterocycles. The molecule has 0 aromatic heterocycles. The first-order valence-electron chi connectivity index (χ1n) is 18.3. The predicted octanol–water partition coefficient (Wildman–Crippen LogP) is 10.1. The second-order valence-electron chi connectivity index (χ2n) is 12.1. The fourth-order valence-corrected chi connectivity index (χ4v) is 5.02. The van der Waals surface area contributed by atoms with Gasteiger partial charge in [-0.25, -0.2) is 0 Å². The summed E-state index contributed by atoms with van der Waals surface area (Å²) in [5.74, 6) is -0.371. The van der Waals surface area contributed by atoms with Gasteiger partial charge in [0.15, 0.2) is 0 Å². The summed E-state index contributed by atoms with van der Waals surface area (Å²) in [4.78, 5) is 36.2. The van der Waals surface area contributed by atoms with Crippen LogP contribution in [0.5, 0.6) is 0 Å². The SMILES string of the molecule is CCCC/C=C/COC(=O)CCCCCCCC(CCCCCCCC(=O)OC/C=C/CCCCCC)OC(=O)CCCOC. The molecule has 0 bridgehead atoms. The molecule has 0 saturated carbocycles. The average Bonchev–Trinajstić information content (AvgIpc) is 3.03. The zero-order valence-electron chi connectivity index (χ0n) is 29.3. The second-order valence-corrected chi connectivity index (χ2v) is 12.1. The van der Waals surface area contributed by atoms with E-state index in [0.717, 1.165) is 89.9 Å². The lowest BCUT2D eigenvalue weighted by Gasteiger charge is -2.18. The highest BCUT2D eigenvalue weighted by Gasteiger charge is 2.14. The maximum atomic E-state index is 12.3. The Morgan fingerprint density at radius 2 is 0.978 bits per heavy atom. The van der Waals surface area contributed by atoms with E-state index in [1.54, 1.807) is 7.11 Å². The Labute approximate surface area is 276 Å². The molecule has 0 fully saturated rings. The molecule has 0 saturated heterocycles. The molecule has 0 aromatic carbocycles. The first-order valence-corrected chi connectivity index (χ1v) is 18.3. The topological polar surface area (TPSA) is 88.1 Å². The molecule has 0 aliphatic carbocycles. The Morgan fingerprint density at radius 3 is 1.51 bits per heavy atom. The summed E-state index contributed by atoms with van der Waals surface area (Å²) in [5, 5.41) is 0. The van der Waals surface area contributed by atoms with Gasteiger partial charge in [-0.15, -0.1) is 0 Å². The maximum Gasteiger partial charge on any atom is 0.306 e. The molecular formula is C38H68O7. The molecule has 0 amide bonds. The predicted molar refractivity (Wildman–Crippen MR) is 184 cm³/mol. The van der Waals surface area contributed by atoms with Crippen LogP contribution in [0.1, 0.15) is 168 Å². The summed E-state index contributed by atoms with van der Waals surface area (Å²) in [6.07, 6.45) is 31.3. The lowest BCUT2D eigenvalue weighted by atomic mass is 10.0. The standard InChI is InChI=1S/C38H68O7/c1-4-6-8-10-11-19-25-34-44-37(40)30-23-17-13-15-21-28-35(45-38(41)31-26-32-42-3)27-20-14-12-16-22-29-36(39)43-33-24-18-9-7-5-2/h18-19,24-25,35H,4-17,20-23,26-34H2,1-3H3/b24-18+,25-19+. The van der Waals surface area contributed by atoms with Crippen LogP contribution in [0.4, 0.5) is 0 Å². The Bertz CT molecular complexity index is 746. The number of carbonyl (C=O) groups is 3. The summed E-state index contributed by atoms with van der Waals surface area (Å²) < 4.78 is 21.5. The number of hydrogen-bond donors (Lipinski definition) is 0. The van der Waals surface area contributed by atoms with Crippen molar-refractivity contribution in [2.24, 2.45) is 0 Å². The van der Waals surface area contributed by atoms with E-state index in [0.29, 0.717) is 45.5 Å². The van der Waals surface area contributed by atoms with Crippen molar-refractivity contribution >= 4 is 17.9 Å². The molecule has 262 valence electrons. The van der Waals surface area contributed by atoms with Crippen molar-refractivity contribution in [1.29, 1.82) is 0 Å². The molecule has 0 radical (unpaired) electrons. The third-order valence-corrected chi connectivity index (χ3v) is 7.80. The van der Waals surface area contributed by atoms with Gasteiger partial charge in [0.05, 0.1) is 0 Å². The van der Waals surface area contributed by atoms with Gasteiger partial charge in [0.2, 0.25) is 0 Å². The average molecular weight is 637 g/mol. The Kier molecular flexibility index (Phi) is 33.1. The highest BCUT2D eigenvalue weighted by Crippen LogP contribution is 2.18. The van der Waals surface area contributed by atoms with Crippen LogP contribution in [0.25, 0.3) is 0 Å². The van der Waals surface area contributed by atoms with E-state index in [9.17, 15) is 14.4 Å². The molecule has 0 aliphatic rings. The van der Waals surface area contributed by atoms with Crippen LogP contribution < -0.4 is 0 Å². The lowest BCUT2D eigenvalue weighted by Crippen LogP contribution is -2.18. The van der Waals surface area contributed by atoms with E-state index >= 15 is 0 Å². The lowest BCUT2D eigenvalue weighted by molar-refractivity contribution is -0.150. The normalized spacial score (nSPS) is 12.2. The van der Waals surface area contributed by atoms with Gasteiger partial charge in [-0.05, 0) is 64.2 Å². The first kappa shape index (κ1) is 42.9. The monoisotopic (exact) mass is 636 g/mol. The molecule has 7 nitrogen and oxygen atoms in total. The van der Waals surface area contributed by atoms with Crippen molar-refractivity contribution in [3.05, 3.63) is 24.3 Å². The number of esters is 3. The van der Waals surface area contributed by atoms with E-state index in [1.807, 2.05) is 12.2 Å². The molecule has 0 N–H and O–H groups in total. The van der Waals surface area contributed by atoms with Gasteiger partial charge in [0, 0.05) is 33.0 Å². The van der Waals surface area contributed by atoms with Crippen LogP contribution in [0.15, 0.2) is 24.3 Å². The van der Waals surface area contributed by atoms with E-state index in [4.69, 9.17) is 18.9 Å². The van der Waals surface area contributed by atoms with Crippen LogP contribution in [0.2, 0.25) is 0 Å². The van der Waals surface area contributed by atoms with E-state index in [1.165, 1.54) is 38.5 Å². The van der Waals surface area contributed by atoms with E-state index < -0.39 is 0 Å². The minimum Gasteiger partial charge on any atom is -0.462 e. The Balaban J connectivity index is 4.06. The van der Waals surface area contributed by atoms with Gasteiger partial charge in [0.25, 0.3) is 0 Å². The third kappa shape index (κ3) is 33.0. The van der Waals surface area contributed by atoms with Crippen molar-refractivity contribution < 1.29 is 33.3 Å². The Hall–Kier alpha value is -2.15. The molecule has 7 heteroatoms. The number of carbonyl (C=O) groups excluding carboxylic acids is 3. The highest BCUT2D eigenvalue weighted by molar-refractivity contribution is 5.70. The molecule has 0 spiro atoms. The summed E-state index contributed by atoms with van der Waals surface area (Å²) in [6, 6.07) is 0. The fourth-order valence-electron chi connectivity index (χ4n) is 5.02. The van der Waals surface area contributed by atoms with Crippen molar-refractivity contribution in [3.8, 4) is 0 Å². The summed E-state index contributed by atoms with van der Waals surface area (Å²) in [7, 11) is 1.64. The third-order valence-electron chi connectivity index (χ3n) is 7.80.